The van der Waals surface area contributed by atoms with Gasteiger partial charge in [0.25, 0.3) is 0 Å². The van der Waals surface area contributed by atoms with Crippen LogP contribution in [-0.2, 0) is 11.2 Å². The Morgan fingerprint density at radius 3 is 2.32 bits per heavy atom. The van der Waals surface area contributed by atoms with Crippen molar-refractivity contribution in [3.05, 3.63) is 50.9 Å². The number of amides is 1. The molecule has 0 spiro atoms. The van der Waals surface area contributed by atoms with Gasteiger partial charge in [0.15, 0.2) is 10.3 Å². The van der Waals surface area contributed by atoms with Crippen LogP contribution in [0, 0.1) is 0 Å². The molecule has 0 fully saturated rings. The van der Waals surface area contributed by atoms with Gasteiger partial charge in [-0.15, -0.1) is 0 Å². The Kier molecular flexibility index (Phi) is 4.74. The average molecular weight is 361 g/mol. The first-order valence-electron chi connectivity index (χ1n) is 5.26. The van der Waals surface area contributed by atoms with Crippen molar-refractivity contribution >= 4 is 50.7 Å². The van der Waals surface area contributed by atoms with Crippen LogP contribution in [0.1, 0.15) is 5.56 Å². The van der Waals surface area contributed by atoms with E-state index < -0.39 is 0 Å². The largest absolute Gasteiger partial charge is 0.321 e. The SMILES string of the molecule is O=C(Cc1ccc(Br)cc1)Nc1c(Cl)ncnc1Cl. The lowest BCUT2D eigenvalue weighted by Crippen LogP contribution is -2.15. The Morgan fingerprint density at radius 1 is 1.16 bits per heavy atom. The minimum absolute atomic E-state index is 0.115. The van der Waals surface area contributed by atoms with Crippen LogP contribution in [-0.4, -0.2) is 15.9 Å². The quantitative estimate of drug-likeness (QED) is 0.848. The summed E-state index contributed by atoms with van der Waals surface area (Å²) < 4.78 is 0.958. The van der Waals surface area contributed by atoms with Crippen molar-refractivity contribution in [3.63, 3.8) is 0 Å². The molecule has 0 bridgehead atoms. The van der Waals surface area contributed by atoms with Crippen molar-refractivity contribution in [1.82, 2.24) is 9.97 Å². The van der Waals surface area contributed by atoms with E-state index in [1.54, 1.807) is 0 Å². The Labute approximate surface area is 128 Å². The van der Waals surface area contributed by atoms with E-state index in [9.17, 15) is 4.79 Å². The molecule has 1 heterocycles. The maximum absolute atomic E-state index is 11.9. The highest BCUT2D eigenvalue weighted by molar-refractivity contribution is 9.10. The van der Waals surface area contributed by atoms with Crippen LogP contribution < -0.4 is 5.32 Å². The van der Waals surface area contributed by atoms with Crippen LogP contribution in [0.2, 0.25) is 10.3 Å². The summed E-state index contributed by atoms with van der Waals surface area (Å²) >= 11 is 15.0. The maximum atomic E-state index is 11.9. The van der Waals surface area contributed by atoms with E-state index in [4.69, 9.17) is 23.2 Å². The summed E-state index contributed by atoms with van der Waals surface area (Å²) in [5.74, 6) is -0.235. The second kappa shape index (κ2) is 6.32. The normalized spacial score (nSPS) is 10.3. The molecule has 0 saturated heterocycles. The number of nitrogens with one attached hydrogen (secondary N) is 1. The molecule has 1 aromatic heterocycles. The van der Waals surface area contributed by atoms with E-state index in [-0.39, 0.29) is 28.3 Å². The molecule has 1 N–H and O–H groups in total. The summed E-state index contributed by atoms with van der Waals surface area (Å²) in [6.45, 7) is 0. The number of hydrogen-bond acceptors (Lipinski definition) is 3. The number of rotatable bonds is 3. The van der Waals surface area contributed by atoms with Gasteiger partial charge in [0.1, 0.15) is 12.0 Å². The molecular weight excluding hydrogens is 353 g/mol. The molecule has 0 unspecified atom stereocenters. The Hall–Kier alpha value is -1.17. The molecule has 0 aliphatic carbocycles. The molecule has 98 valence electrons. The topological polar surface area (TPSA) is 54.9 Å². The Balaban J connectivity index is 2.07. The monoisotopic (exact) mass is 359 g/mol. The third kappa shape index (κ3) is 3.89. The summed E-state index contributed by atoms with van der Waals surface area (Å²) in [6.07, 6.45) is 1.45. The lowest BCUT2D eigenvalue weighted by molar-refractivity contribution is -0.115. The van der Waals surface area contributed by atoms with Gasteiger partial charge in [-0.05, 0) is 17.7 Å². The summed E-state index contributed by atoms with van der Waals surface area (Å²) in [5, 5.41) is 2.83. The summed E-state index contributed by atoms with van der Waals surface area (Å²) in [6, 6.07) is 7.45. The van der Waals surface area contributed by atoms with Crippen molar-refractivity contribution in [3.8, 4) is 0 Å². The summed E-state index contributed by atoms with van der Waals surface area (Å²) in [7, 11) is 0. The van der Waals surface area contributed by atoms with E-state index in [1.807, 2.05) is 24.3 Å². The van der Waals surface area contributed by atoms with Gasteiger partial charge in [0.05, 0.1) is 6.42 Å². The second-order valence-electron chi connectivity index (χ2n) is 3.68. The highest BCUT2D eigenvalue weighted by Gasteiger charge is 2.12. The number of halogens is 3. The van der Waals surface area contributed by atoms with E-state index in [0.717, 1.165) is 10.0 Å². The van der Waals surface area contributed by atoms with Crippen LogP contribution >= 0.6 is 39.1 Å². The van der Waals surface area contributed by atoms with Gasteiger partial charge in [-0.2, -0.15) is 0 Å². The van der Waals surface area contributed by atoms with Gasteiger partial charge in [-0.25, -0.2) is 9.97 Å². The van der Waals surface area contributed by atoms with Crippen LogP contribution in [0.5, 0.6) is 0 Å². The minimum atomic E-state index is -0.235. The van der Waals surface area contributed by atoms with Gasteiger partial charge in [-0.1, -0.05) is 51.3 Å². The molecular formula is C12H8BrCl2N3O. The Bertz CT molecular complexity index is 584. The zero-order chi connectivity index (χ0) is 13.8. The molecule has 1 amide bonds. The number of aromatic nitrogens is 2. The second-order valence-corrected chi connectivity index (χ2v) is 5.31. The number of carbonyl (C=O) groups excluding carboxylic acids is 1. The number of nitrogens with zero attached hydrogens (tertiary/aromatic N) is 2. The molecule has 0 aliphatic rings. The van der Waals surface area contributed by atoms with Crippen molar-refractivity contribution < 1.29 is 4.79 Å². The van der Waals surface area contributed by atoms with Gasteiger partial charge in [-0.3, -0.25) is 4.79 Å². The zero-order valence-corrected chi connectivity index (χ0v) is 12.6. The zero-order valence-electron chi connectivity index (χ0n) is 9.53. The standard InChI is InChI=1S/C12H8BrCl2N3O/c13-8-3-1-7(2-4-8)5-9(19)18-10-11(14)16-6-17-12(10)15/h1-4,6H,5H2,(H,18,19). The van der Waals surface area contributed by atoms with E-state index in [1.165, 1.54) is 6.33 Å². The molecule has 0 atom stereocenters. The molecule has 19 heavy (non-hydrogen) atoms. The first-order chi connectivity index (χ1) is 9.06. The van der Waals surface area contributed by atoms with Gasteiger partial charge >= 0.3 is 0 Å². The molecule has 1 aromatic carbocycles. The van der Waals surface area contributed by atoms with Gasteiger partial charge in [0.2, 0.25) is 5.91 Å². The predicted molar refractivity (Wildman–Crippen MR) is 78.5 cm³/mol. The molecule has 0 aliphatic heterocycles. The lowest BCUT2D eigenvalue weighted by atomic mass is 10.1. The number of anilines is 1. The fraction of sp³-hybridized carbons (Fsp3) is 0.0833. The van der Waals surface area contributed by atoms with Gasteiger partial charge < -0.3 is 5.32 Å². The third-order valence-corrected chi connectivity index (χ3v) is 3.40. The number of carbonyl (C=O) groups is 1. The van der Waals surface area contributed by atoms with Crippen LogP contribution in [0.4, 0.5) is 5.69 Å². The predicted octanol–water partition coefficient (Wildman–Crippen LogP) is 3.73. The first-order valence-corrected chi connectivity index (χ1v) is 6.81. The maximum Gasteiger partial charge on any atom is 0.228 e. The first kappa shape index (κ1) is 14.2. The van der Waals surface area contributed by atoms with Crippen LogP contribution in [0.25, 0.3) is 0 Å². The fourth-order valence-corrected chi connectivity index (χ4v) is 2.09. The number of hydrogen-bond donors (Lipinski definition) is 1. The summed E-state index contributed by atoms with van der Waals surface area (Å²) in [4.78, 5) is 19.4. The smallest absolute Gasteiger partial charge is 0.228 e. The van der Waals surface area contributed by atoms with Gasteiger partial charge in [0, 0.05) is 4.47 Å². The number of benzene rings is 1. The molecule has 2 rings (SSSR count). The van der Waals surface area contributed by atoms with E-state index in [0.29, 0.717) is 0 Å². The molecule has 0 saturated carbocycles. The third-order valence-electron chi connectivity index (χ3n) is 2.30. The fourth-order valence-electron chi connectivity index (χ4n) is 1.42. The summed E-state index contributed by atoms with van der Waals surface area (Å²) in [5.41, 5.74) is 1.11. The highest BCUT2D eigenvalue weighted by Crippen LogP contribution is 2.25. The lowest BCUT2D eigenvalue weighted by Gasteiger charge is -2.07. The minimum Gasteiger partial charge on any atom is -0.321 e. The van der Waals surface area contributed by atoms with E-state index in [2.05, 4.69) is 31.2 Å². The molecule has 2 aromatic rings. The Morgan fingerprint density at radius 2 is 1.74 bits per heavy atom. The molecule has 7 heteroatoms. The van der Waals surface area contributed by atoms with Crippen molar-refractivity contribution in [2.45, 2.75) is 6.42 Å². The van der Waals surface area contributed by atoms with Crippen molar-refractivity contribution in [2.75, 3.05) is 5.32 Å². The van der Waals surface area contributed by atoms with Crippen LogP contribution in [0.3, 0.4) is 0 Å². The van der Waals surface area contributed by atoms with Crippen molar-refractivity contribution in [2.24, 2.45) is 0 Å². The average Bonchev–Trinajstić information content (AvgIpc) is 2.37. The molecule has 0 radical (unpaired) electrons. The highest BCUT2D eigenvalue weighted by atomic mass is 79.9. The van der Waals surface area contributed by atoms with Crippen molar-refractivity contribution in [1.29, 1.82) is 0 Å². The van der Waals surface area contributed by atoms with Crippen LogP contribution in [0.15, 0.2) is 35.1 Å². The van der Waals surface area contributed by atoms with E-state index >= 15 is 0 Å². The molecule has 4 nitrogen and oxygen atoms in total.